The Morgan fingerprint density at radius 2 is 1.67 bits per heavy atom. The summed E-state index contributed by atoms with van der Waals surface area (Å²) in [6.07, 6.45) is 3.03. The minimum atomic E-state index is -0.833. The molecule has 0 bridgehead atoms. The Hall–Kier alpha value is -2.40. The number of carboxylic acid groups (broad SMARTS) is 2. The number of hydrogen-bond donors (Lipinski definition) is 4. The zero-order valence-electron chi connectivity index (χ0n) is 19.1. The Morgan fingerprint density at radius 3 is 2.21 bits per heavy atom. The van der Waals surface area contributed by atoms with Gasteiger partial charge in [0.05, 0.1) is 17.7 Å². The molecule has 2 saturated heterocycles. The largest absolute Gasteiger partial charge is 0.491 e. The summed E-state index contributed by atoms with van der Waals surface area (Å²) in [6, 6.07) is 5.02. The molecule has 1 aromatic carbocycles. The number of aliphatic hydroxyl groups is 1. The van der Waals surface area contributed by atoms with Gasteiger partial charge in [0.2, 0.25) is 0 Å². The Kier molecular flexibility index (Phi) is 12.7. The summed E-state index contributed by atoms with van der Waals surface area (Å²) >= 11 is 6.07. The third-order valence-corrected chi connectivity index (χ3v) is 5.19. The summed E-state index contributed by atoms with van der Waals surface area (Å²) < 4.78 is 5.59. The number of likely N-dealkylation sites (tertiary alicyclic amines) is 2. The molecular formula is C22H34ClN3O7. The normalized spacial score (nSPS) is 20.1. The SMILES string of the molecule is CC(=O)O.CC(=O)O.NCCOc1ccc(Cl)cc1C(=O)N1C[C@H](O)[C@@H](N2CCCCC2)C1. The predicted molar refractivity (Wildman–Crippen MR) is 124 cm³/mol. The molecule has 2 aliphatic heterocycles. The number of rotatable bonds is 5. The fourth-order valence-corrected chi connectivity index (χ4v) is 3.85. The summed E-state index contributed by atoms with van der Waals surface area (Å²) in [5.41, 5.74) is 5.91. The van der Waals surface area contributed by atoms with Crippen LogP contribution in [0.3, 0.4) is 0 Å². The van der Waals surface area contributed by atoms with E-state index in [1.54, 1.807) is 23.1 Å². The van der Waals surface area contributed by atoms with Crippen molar-refractivity contribution in [1.82, 2.24) is 9.80 Å². The average molecular weight is 488 g/mol. The summed E-state index contributed by atoms with van der Waals surface area (Å²) in [5.74, 6) is -1.34. The van der Waals surface area contributed by atoms with Crippen LogP contribution in [0.2, 0.25) is 5.02 Å². The molecular weight excluding hydrogens is 454 g/mol. The van der Waals surface area contributed by atoms with E-state index in [1.807, 2.05) is 0 Å². The Labute approximate surface area is 198 Å². The van der Waals surface area contributed by atoms with E-state index in [2.05, 4.69) is 4.90 Å². The van der Waals surface area contributed by atoms with Crippen LogP contribution in [0.25, 0.3) is 0 Å². The van der Waals surface area contributed by atoms with Gasteiger partial charge < -0.3 is 30.7 Å². The predicted octanol–water partition coefficient (Wildman–Crippen LogP) is 1.53. The molecule has 186 valence electrons. The van der Waals surface area contributed by atoms with E-state index in [1.165, 1.54) is 6.42 Å². The minimum absolute atomic E-state index is 0.0110. The number of carboxylic acids is 2. The van der Waals surface area contributed by atoms with Crippen LogP contribution in [0.15, 0.2) is 18.2 Å². The van der Waals surface area contributed by atoms with Crippen molar-refractivity contribution in [3.8, 4) is 5.75 Å². The van der Waals surface area contributed by atoms with Crippen molar-refractivity contribution in [2.75, 3.05) is 39.3 Å². The second-order valence-corrected chi connectivity index (χ2v) is 8.19. The lowest BCUT2D eigenvalue weighted by Gasteiger charge is -2.33. The van der Waals surface area contributed by atoms with Crippen LogP contribution in [0.5, 0.6) is 5.75 Å². The van der Waals surface area contributed by atoms with Gasteiger partial charge in [0.25, 0.3) is 17.8 Å². The van der Waals surface area contributed by atoms with Gasteiger partial charge in [-0.25, -0.2) is 0 Å². The van der Waals surface area contributed by atoms with Crippen molar-refractivity contribution in [2.24, 2.45) is 5.73 Å². The first-order chi connectivity index (χ1) is 15.6. The first-order valence-corrected chi connectivity index (χ1v) is 11.2. The number of aliphatic carboxylic acids is 2. The third-order valence-electron chi connectivity index (χ3n) is 4.95. The van der Waals surface area contributed by atoms with Gasteiger partial charge in [-0.2, -0.15) is 0 Å². The first-order valence-electron chi connectivity index (χ1n) is 10.8. The molecule has 0 spiro atoms. The number of ether oxygens (including phenoxy) is 1. The van der Waals surface area contributed by atoms with Crippen molar-refractivity contribution in [3.63, 3.8) is 0 Å². The molecule has 2 atom stereocenters. The quantitative estimate of drug-likeness (QED) is 0.484. The number of hydrogen-bond acceptors (Lipinski definition) is 7. The van der Waals surface area contributed by atoms with Crippen molar-refractivity contribution in [2.45, 2.75) is 45.3 Å². The summed E-state index contributed by atoms with van der Waals surface area (Å²) in [7, 11) is 0. The van der Waals surface area contributed by atoms with Crippen LogP contribution in [-0.2, 0) is 9.59 Å². The van der Waals surface area contributed by atoms with E-state index in [4.69, 9.17) is 41.9 Å². The van der Waals surface area contributed by atoms with E-state index in [-0.39, 0.29) is 11.9 Å². The molecule has 0 saturated carbocycles. The number of piperidine rings is 1. The average Bonchev–Trinajstić information content (AvgIpc) is 3.14. The van der Waals surface area contributed by atoms with E-state index in [9.17, 15) is 9.90 Å². The number of nitrogens with two attached hydrogens (primary N) is 1. The number of β-amino-alcohol motifs (C(OH)–C–C–N with tert-alkyl or cyclic N) is 1. The van der Waals surface area contributed by atoms with Gasteiger partial charge in [0.1, 0.15) is 12.4 Å². The number of aliphatic hydroxyl groups excluding tert-OH is 1. The molecule has 1 amide bonds. The zero-order valence-corrected chi connectivity index (χ0v) is 19.8. The maximum absolute atomic E-state index is 13.0. The molecule has 0 aliphatic carbocycles. The number of halogens is 1. The number of amides is 1. The molecule has 2 aliphatic rings. The van der Waals surface area contributed by atoms with Crippen LogP contribution in [0.1, 0.15) is 43.5 Å². The standard InChI is InChI=1S/C18H26ClN3O3.2C2H4O2/c19-13-4-5-17(25-9-6-20)14(10-13)18(24)22-11-15(16(23)12-22)21-7-2-1-3-8-21;2*1-2(3)4/h4-5,10,15-16,23H,1-3,6-9,11-12,20H2;2*1H3,(H,3,4)/t15-,16-;;/m0../s1. The van der Waals surface area contributed by atoms with Crippen molar-refractivity contribution < 1.29 is 34.4 Å². The lowest BCUT2D eigenvalue weighted by atomic mass is 10.1. The molecule has 2 fully saturated rings. The fourth-order valence-electron chi connectivity index (χ4n) is 3.68. The van der Waals surface area contributed by atoms with Crippen LogP contribution in [0.4, 0.5) is 0 Å². The van der Waals surface area contributed by atoms with Crippen molar-refractivity contribution in [1.29, 1.82) is 0 Å². The van der Waals surface area contributed by atoms with Gasteiger partial charge in [-0.1, -0.05) is 18.0 Å². The van der Waals surface area contributed by atoms with E-state index < -0.39 is 18.0 Å². The Morgan fingerprint density at radius 1 is 1.09 bits per heavy atom. The summed E-state index contributed by atoms with van der Waals surface area (Å²) in [5, 5.41) is 25.8. The van der Waals surface area contributed by atoms with Crippen LogP contribution in [0, 0.1) is 0 Å². The summed E-state index contributed by atoms with van der Waals surface area (Å²) in [4.78, 5) is 35.0. The molecule has 3 rings (SSSR count). The highest BCUT2D eigenvalue weighted by Gasteiger charge is 2.38. The molecule has 5 N–H and O–H groups in total. The van der Waals surface area contributed by atoms with E-state index in [0.29, 0.717) is 42.6 Å². The molecule has 0 radical (unpaired) electrons. The van der Waals surface area contributed by atoms with Gasteiger partial charge in [-0.05, 0) is 44.1 Å². The van der Waals surface area contributed by atoms with Gasteiger partial charge in [-0.3, -0.25) is 19.3 Å². The molecule has 1 aromatic rings. The van der Waals surface area contributed by atoms with Crippen LogP contribution in [-0.4, -0.2) is 94.4 Å². The third kappa shape index (κ3) is 10.4. The maximum atomic E-state index is 13.0. The smallest absolute Gasteiger partial charge is 0.300 e. The summed E-state index contributed by atoms with van der Waals surface area (Å²) in [6.45, 7) is 5.72. The maximum Gasteiger partial charge on any atom is 0.300 e. The lowest BCUT2D eigenvalue weighted by Crippen LogP contribution is -2.46. The van der Waals surface area contributed by atoms with Crippen LogP contribution < -0.4 is 10.5 Å². The highest BCUT2D eigenvalue weighted by Crippen LogP contribution is 2.27. The lowest BCUT2D eigenvalue weighted by molar-refractivity contribution is -0.135. The molecule has 10 nitrogen and oxygen atoms in total. The number of benzene rings is 1. The van der Waals surface area contributed by atoms with Gasteiger partial charge in [0, 0.05) is 38.5 Å². The van der Waals surface area contributed by atoms with E-state index >= 15 is 0 Å². The minimum Gasteiger partial charge on any atom is -0.491 e. The van der Waals surface area contributed by atoms with Crippen molar-refractivity contribution in [3.05, 3.63) is 28.8 Å². The Bertz CT molecular complexity index is 767. The molecule has 11 heteroatoms. The second-order valence-electron chi connectivity index (χ2n) is 7.76. The molecule has 0 aromatic heterocycles. The highest BCUT2D eigenvalue weighted by molar-refractivity contribution is 6.31. The highest BCUT2D eigenvalue weighted by atomic mass is 35.5. The number of carbonyl (C=O) groups is 3. The number of carbonyl (C=O) groups excluding carboxylic acids is 1. The topological polar surface area (TPSA) is 154 Å². The molecule has 0 unspecified atom stereocenters. The van der Waals surface area contributed by atoms with Crippen LogP contribution >= 0.6 is 11.6 Å². The van der Waals surface area contributed by atoms with Crippen molar-refractivity contribution >= 4 is 29.4 Å². The zero-order chi connectivity index (χ0) is 25.0. The van der Waals surface area contributed by atoms with Gasteiger partial charge in [-0.15, -0.1) is 0 Å². The molecule has 33 heavy (non-hydrogen) atoms. The molecule has 2 heterocycles. The first kappa shape index (κ1) is 28.6. The number of nitrogens with zero attached hydrogens (tertiary/aromatic N) is 2. The van der Waals surface area contributed by atoms with Gasteiger partial charge >= 0.3 is 0 Å². The van der Waals surface area contributed by atoms with E-state index in [0.717, 1.165) is 39.8 Å². The fraction of sp³-hybridized carbons (Fsp3) is 0.591. The second kappa shape index (κ2) is 14.7. The Balaban J connectivity index is 0.000000591. The van der Waals surface area contributed by atoms with Gasteiger partial charge in [0.15, 0.2) is 0 Å². The monoisotopic (exact) mass is 487 g/mol.